The molecule has 3 aromatic heterocycles. The van der Waals surface area contributed by atoms with Crippen molar-refractivity contribution in [1.29, 1.82) is 0 Å². The van der Waals surface area contributed by atoms with Crippen LogP contribution in [0.4, 0.5) is 5.82 Å². The van der Waals surface area contributed by atoms with Gasteiger partial charge in [0.25, 0.3) is 0 Å². The first-order valence-electron chi connectivity index (χ1n) is 7.89. The highest BCUT2D eigenvalue weighted by Gasteiger charge is 2.13. The summed E-state index contributed by atoms with van der Waals surface area (Å²) in [6.45, 7) is 1.77. The Labute approximate surface area is 139 Å². The molecule has 0 amide bonds. The summed E-state index contributed by atoms with van der Waals surface area (Å²) in [5.74, 6) is 1.60. The van der Waals surface area contributed by atoms with Gasteiger partial charge in [-0.1, -0.05) is 6.07 Å². The number of fused-ring (bicyclic) bond motifs is 3. The Morgan fingerprint density at radius 2 is 2.04 bits per heavy atom. The zero-order valence-corrected chi connectivity index (χ0v) is 13.7. The van der Waals surface area contributed by atoms with Crippen molar-refractivity contribution in [2.24, 2.45) is 0 Å². The van der Waals surface area contributed by atoms with Crippen molar-refractivity contribution in [1.82, 2.24) is 29.5 Å². The lowest BCUT2D eigenvalue weighted by Gasteiger charge is -2.14. The third kappa shape index (κ3) is 2.48. The fraction of sp³-hybridized carbons (Fsp3) is 0.235. The molecular weight excluding hydrogens is 302 g/mol. The standard InChI is InChI=1S/C17H19N7/c1-23(2)10-8-18-17-14-7-4-9-24(14)13-6-3-5-12(15(13)21-17)16-19-11-20-22-16/h3-7,9,11H,8,10H2,1-2H3,(H,18,21)(H,19,20,22). The number of nitrogens with zero attached hydrogens (tertiary/aromatic N) is 5. The predicted molar refractivity (Wildman–Crippen MR) is 95.1 cm³/mol. The van der Waals surface area contributed by atoms with E-state index in [4.69, 9.17) is 4.98 Å². The molecule has 0 aliphatic rings. The summed E-state index contributed by atoms with van der Waals surface area (Å²) in [7, 11) is 4.12. The molecule has 0 fully saturated rings. The minimum Gasteiger partial charge on any atom is -0.367 e. The molecule has 0 radical (unpaired) electrons. The van der Waals surface area contributed by atoms with E-state index in [2.05, 4.69) is 62.2 Å². The summed E-state index contributed by atoms with van der Waals surface area (Å²) >= 11 is 0. The van der Waals surface area contributed by atoms with Crippen LogP contribution in [0.25, 0.3) is 27.9 Å². The topological polar surface area (TPSA) is 74.1 Å². The van der Waals surface area contributed by atoms with Gasteiger partial charge in [-0.15, -0.1) is 10.2 Å². The summed E-state index contributed by atoms with van der Waals surface area (Å²) in [5, 5.41) is 11.5. The maximum atomic E-state index is 4.89. The highest BCUT2D eigenvalue weighted by atomic mass is 15.2. The van der Waals surface area contributed by atoms with E-state index in [1.165, 1.54) is 0 Å². The average molecular weight is 321 g/mol. The average Bonchev–Trinajstić information content (AvgIpc) is 3.26. The van der Waals surface area contributed by atoms with Gasteiger partial charge in [0, 0.05) is 24.8 Å². The third-order valence-corrected chi connectivity index (χ3v) is 4.01. The van der Waals surface area contributed by atoms with Gasteiger partial charge in [-0.25, -0.2) is 4.98 Å². The molecule has 0 saturated heterocycles. The van der Waals surface area contributed by atoms with Gasteiger partial charge < -0.3 is 19.6 Å². The lowest BCUT2D eigenvalue weighted by molar-refractivity contribution is 0.425. The highest BCUT2D eigenvalue weighted by molar-refractivity contribution is 5.94. The zero-order chi connectivity index (χ0) is 16.5. The molecule has 24 heavy (non-hydrogen) atoms. The molecule has 4 rings (SSSR count). The van der Waals surface area contributed by atoms with Gasteiger partial charge in [0.1, 0.15) is 11.8 Å². The molecule has 3 heterocycles. The Bertz CT molecular complexity index is 969. The maximum absolute atomic E-state index is 4.89. The van der Waals surface area contributed by atoms with Gasteiger partial charge in [0.2, 0.25) is 0 Å². The molecule has 0 aliphatic heterocycles. The molecule has 0 saturated carbocycles. The van der Waals surface area contributed by atoms with E-state index >= 15 is 0 Å². The number of hydrogen-bond donors (Lipinski definition) is 2. The SMILES string of the molecule is CN(C)CCNc1nc2c(-c3nnc[nH]3)cccc2n2cccc12. The Hall–Kier alpha value is -2.93. The quantitative estimate of drug-likeness (QED) is 0.590. The fourth-order valence-electron chi connectivity index (χ4n) is 2.85. The van der Waals surface area contributed by atoms with Crippen molar-refractivity contribution in [2.45, 2.75) is 0 Å². The Balaban J connectivity index is 1.88. The van der Waals surface area contributed by atoms with E-state index in [1.807, 2.05) is 18.2 Å². The first-order valence-corrected chi connectivity index (χ1v) is 7.89. The summed E-state index contributed by atoms with van der Waals surface area (Å²) in [6, 6.07) is 10.2. The number of aromatic nitrogens is 5. The number of H-pyrrole nitrogens is 1. The fourth-order valence-corrected chi connectivity index (χ4v) is 2.85. The number of benzene rings is 1. The smallest absolute Gasteiger partial charge is 0.163 e. The van der Waals surface area contributed by atoms with Gasteiger partial charge >= 0.3 is 0 Å². The van der Waals surface area contributed by atoms with Crippen LogP contribution in [0.5, 0.6) is 0 Å². The first kappa shape index (κ1) is 14.6. The molecule has 7 heteroatoms. The van der Waals surface area contributed by atoms with Gasteiger partial charge in [0.15, 0.2) is 11.6 Å². The number of likely N-dealkylation sites (N-methyl/N-ethyl adjacent to an activating group) is 1. The normalized spacial score (nSPS) is 11.6. The molecule has 1 aromatic carbocycles. The van der Waals surface area contributed by atoms with Crippen LogP contribution in [0, 0.1) is 0 Å². The lowest BCUT2D eigenvalue weighted by atomic mass is 10.1. The summed E-state index contributed by atoms with van der Waals surface area (Å²) in [5.41, 5.74) is 3.94. The monoisotopic (exact) mass is 321 g/mol. The number of nitrogens with one attached hydrogen (secondary N) is 2. The molecule has 0 unspecified atom stereocenters. The van der Waals surface area contributed by atoms with E-state index in [9.17, 15) is 0 Å². The minimum absolute atomic E-state index is 0.721. The second-order valence-electron chi connectivity index (χ2n) is 5.96. The van der Waals surface area contributed by atoms with Gasteiger partial charge in [-0.3, -0.25) is 0 Å². The number of hydrogen-bond acceptors (Lipinski definition) is 5. The molecule has 4 aromatic rings. The van der Waals surface area contributed by atoms with Crippen LogP contribution in [0.1, 0.15) is 0 Å². The zero-order valence-electron chi connectivity index (χ0n) is 13.7. The van der Waals surface area contributed by atoms with Gasteiger partial charge in [-0.2, -0.15) is 0 Å². The van der Waals surface area contributed by atoms with Crippen molar-refractivity contribution in [3.8, 4) is 11.4 Å². The van der Waals surface area contributed by atoms with Crippen LogP contribution in [0.2, 0.25) is 0 Å². The van der Waals surface area contributed by atoms with Crippen LogP contribution < -0.4 is 5.32 Å². The third-order valence-electron chi connectivity index (χ3n) is 4.01. The number of rotatable bonds is 5. The van der Waals surface area contributed by atoms with E-state index in [1.54, 1.807) is 6.33 Å². The van der Waals surface area contributed by atoms with Gasteiger partial charge in [-0.05, 0) is 38.4 Å². The maximum Gasteiger partial charge on any atom is 0.163 e. The van der Waals surface area contributed by atoms with E-state index in [0.29, 0.717) is 0 Å². The minimum atomic E-state index is 0.721. The molecule has 0 spiro atoms. The Kier molecular flexibility index (Phi) is 3.62. The number of para-hydroxylation sites is 1. The molecule has 0 aliphatic carbocycles. The van der Waals surface area contributed by atoms with Crippen molar-refractivity contribution >= 4 is 22.4 Å². The van der Waals surface area contributed by atoms with Gasteiger partial charge in [0.05, 0.1) is 11.0 Å². The second kappa shape index (κ2) is 5.93. The number of anilines is 1. The summed E-state index contributed by atoms with van der Waals surface area (Å²) < 4.78 is 2.15. The summed E-state index contributed by atoms with van der Waals surface area (Å²) in [4.78, 5) is 10.1. The van der Waals surface area contributed by atoms with Crippen molar-refractivity contribution < 1.29 is 0 Å². The molecule has 7 nitrogen and oxygen atoms in total. The molecule has 2 N–H and O–H groups in total. The predicted octanol–water partition coefficient (Wildman–Crippen LogP) is 2.25. The Morgan fingerprint density at radius 1 is 1.17 bits per heavy atom. The molecule has 0 bridgehead atoms. The van der Waals surface area contributed by atoms with Crippen LogP contribution in [-0.4, -0.2) is 56.7 Å². The van der Waals surface area contributed by atoms with Crippen LogP contribution in [0.15, 0.2) is 42.9 Å². The highest BCUT2D eigenvalue weighted by Crippen LogP contribution is 2.28. The second-order valence-corrected chi connectivity index (χ2v) is 5.96. The van der Waals surface area contributed by atoms with Crippen molar-refractivity contribution in [3.05, 3.63) is 42.9 Å². The van der Waals surface area contributed by atoms with Crippen LogP contribution in [-0.2, 0) is 0 Å². The van der Waals surface area contributed by atoms with E-state index in [-0.39, 0.29) is 0 Å². The van der Waals surface area contributed by atoms with Crippen LogP contribution >= 0.6 is 0 Å². The first-order chi connectivity index (χ1) is 11.7. The largest absolute Gasteiger partial charge is 0.367 e. The number of aromatic amines is 1. The summed E-state index contributed by atoms with van der Waals surface area (Å²) in [6.07, 6.45) is 3.64. The van der Waals surface area contributed by atoms with Crippen LogP contribution in [0.3, 0.4) is 0 Å². The Morgan fingerprint density at radius 3 is 2.83 bits per heavy atom. The molecular formula is C17H19N7. The van der Waals surface area contributed by atoms with Crippen molar-refractivity contribution in [3.63, 3.8) is 0 Å². The van der Waals surface area contributed by atoms with E-state index < -0.39 is 0 Å². The lowest BCUT2D eigenvalue weighted by Crippen LogP contribution is -2.21. The van der Waals surface area contributed by atoms with Crippen molar-refractivity contribution in [2.75, 3.05) is 32.5 Å². The molecule has 0 atom stereocenters. The van der Waals surface area contributed by atoms with E-state index in [0.717, 1.165) is 46.8 Å². The molecule has 122 valence electrons.